The van der Waals surface area contributed by atoms with Crippen LogP contribution in [-0.4, -0.2) is 19.7 Å². The van der Waals surface area contributed by atoms with Crippen molar-refractivity contribution in [2.24, 2.45) is 0 Å². The lowest BCUT2D eigenvalue weighted by molar-refractivity contribution is 0.821. The van der Waals surface area contributed by atoms with Gasteiger partial charge in [0.05, 0.1) is 18.1 Å². The molecule has 68 valence electrons. The van der Waals surface area contributed by atoms with Crippen LogP contribution in [0.5, 0.6) is 0 Å². The minimum absolute atomic E-state index is 0.288. The highest BCUT2D eigenvalue weighted by Gasteiger charge is 2.01. The van der Waals surface area contributed by atoms with Crippen LogP contribution in [0.15, 0.2) is 24.7 Å². The third-order valence-electron chi connectivity index (χ3n) is 1.69. The van der Waals surface area contributed by atoms with E-state index in [0.29, 0.717) is 5.82 Å². The van der Waals surface area contributed by atoms with E-state index in [-0.39, 0.29) is 5.69 Å². The van der Waals surface area contributed by atoms with Gasteiger partial charge in [-0.3, -0.25) is 4.98 Å². The van der Waals surface area contributed by atoms with Gasteiger partial charge in [0.25, 0.3) is 0 Å². The normalized spacial score (nSPS) is 9.71. The van der Waals surface area contributed by atoms with E-state index in [1.54, 1.807) is 17.1 Å². The molecule has 0 amide bonds. The maximum atomic E-state index is 8.63. The molecule has 2 rings (SSSR count). The first-order valence-corrected chi connectivity index (χ1v) is 4.04. The number of nitriles is 1. The van der Waals surface area contributed by atoms with Gasteiger partial charge in [-0.25, -0.2) is 9.67 Å². The van der Waals surface area contributed by atoms with Gasteiger partial charge in [0.1, 0.15) is 6.07 Å². The molecule has 2 aromatic heterocycles. The quantitative estimate of drug-likeness (QED) is 0.660. The monoisotopic (exact) mass is 185 g/mol. The Bertz CT molecular complexity index is 494. The molecule has 5 nitrogen and oxygen atoms in total. The second kappa shape index (κ2) is 3.26. The fraction of sp³-hybridized carbons (Fsp3) is 0.111. The van der Waals surface area contributed by atoms with Crippen molar-refractivity contribution in [3.8, 4) is 11.9 Å². The Kier molecular flexibility index (Phi) is 1.95. The Morgan fingerprint density at radius 1 is 1.43 bits per heavy atom. The Morgan fingerprint density at radius 3 is 2.93 bits per heavy atom. The molecule has 0 radical (unpaired) electrons. The van der Waals surface area contributed by atoms with Crippen molar-refractivity contribution in [1.29, 1.82) is 5.26 Å². The van der Waals surface area contributed by atoms with Gasteiger partial charge in [-0.2, -0.15) is 10.4 Å². The number of hydrogen-bond acceptors (Lipinski definition) is 4. The molecule has 0 aliphatic heterocycles. The van der Waals surface area contributed by atoms with Crippen LogP contribution in [0, 0.1) is 18.3 Å². The highest BCUT2D eigenvalue weighted by atomic mass is 15.3. The predicted octanol–water partition coefficient (Wildman–Crippen LogP) is 0.842. The highest BCUT2D eigenvalue weighted by Crippen LogP contribution is 2.02. The first-order chi connectivity index (χ1) is 6.79. The van der Waals surface area contributed by atoms with Crippen molar-refractivity contribution in [1.82, 2.24) is 19.7 Å². The lowest BCUT2D eigenvalue weighted by Gasteiger charge is -1.98. The summed E-state index contributed by atoms with van der Waals surface area (Å²) in [6.07, 6.45) is 4.76. The topological polar surface area (TPSA) is 67.4 Å². The van der Waals surface area contributed by atoms with Gasteiger partial charge >= 0.3 is 0 Å². The molecule has 0 fully saturated rings. The summed E-state index contributed by atoms with van der Waals surface area (Å²) in [4.78, 5) is 7.95. The van der Waals surface area contributed by atoms with E-state index in [4.69, 9.17) is 5.26 Å². The maximum Gasteiger partial charge on any atom is 0.173 e. The predicted molar refractivity (Wildman–Crippen MR) is 48.6 cm³/mol. The third-order valence-corrected chi connectivity index (χ3v) is 1.69. The lowest BCUT2D eigenvalue weighted by atomic mass is 10.5. The molecule has 5 heteroatoms. The van der Waals surface area contributed by atoms with Gasteiger partial charge in [-0.1, -0.05) is 0 Å². The molecule has 14 heavy (non-hydrogen) atoms. The molecular weight excluding hydrogens is 178 g/mol. The van der Waals surface area contributed by atoms with Gasteiger partial charge in [0.15, 0.2) is 11.5 Å². The first-order valence-electron chi connectivity index (χ1n) is 4.04. The molecule has 0 aliphatic carbocycles. The summed E-state index contributed by atoms with van der Waals surface area (Å²) in [6.45, 7) is 1.89. The Labute approximate surface area is 80.7 Å². The molecule has 0 saturated carbocycles. The number of hydrogen-bond donors (Lipinski definition) is 0. The largest absolute Gasteiger partial charge is 0.258 e. The fourth-order valence-corrected chi connectivity index (χ4v) is 1.06. The Hall–Kier alpha value is -2.22. The average molecular weight is 185 g/mol. The van der Waals surface area contributed by atoms with Crippen molar-refractivity contribution in [2.75, 3.05) is 0 Å². The average Bonchev–Trinajstić information content (AvgIpc) is 2.65. The molecule has 0 spiro atoms. The zero-order chi connectivity index (χ0) is 9.97. The number of rotatable bonds is 1. The maximum absolute atomic E-state index is 8.63. The number of nitrogens with zero attached hydrogens (tertiary/aromatic N) is 5. The molecule has 0 atom stereocenters. The lowest BCUT2D eigenvalue weighted by Crippen LogP contribution is -2.00. The third kappa shape index (κ3) is 1.45. The molecule has 2 aromatic rings. The van der Waals surface area contributed by atoms with Crippen LogP contribution in [0.1, 0.15) is 11.4 Å². The zero-order valence-corrected chi connectivity index (χ0v) is 7.55. The standard InChI is InChI=1S/C9H7N5/c1-7-2-3-14(13-7)9-6-11-5-8(4-10)12-9/h2-3,5-6H,1H3. The smallest absolute Gasteiger partial charge is 0.173 e. The van der Waals surface area contributed by atoms with Gasteiger partial charge in [-0.15, -0.1) is 0 Å². The van der Waals surface area contributed by atoms with E-state index < -0.39 is 0 Å². The molecule has 0 aromatic carbocycles. The van der Waals surface area contributed by atoms with Crippen LogP contribution in [0.3, 0.4) is 0 Å². The second-order valence-corrected chi connectivity index (χ2v) is 2.78. The molecule has 0 unspecified atom stereocenters. The first kappa shape index (κ1) is 8.38. The summed E-state index contributed by atoms with van der Waals surface area (Å²) in [6, 6.07) is 3.79. The van der Waals surface area contributed by atoms with E-state index in [1.165, 1.54) is 6.20 Å². The SMILES string of the molecule is Cc1ccn(-c2cncc(C#N)n2)n1. The molecule has 0 bridgehead atoms. The van der Waals surface area contributed by atoms with Gasteiger partial charge < -0.3 is 0 Å². The van der Waals surface area contributed by atoms with Crippen LogP contribution >= 0.6 is 0 Å². The summed E-state index contributed by atoms with van der Waals surface area (Å²) < 4.78 is 1.59. The van der Waals surface area contributed by atoms with Crippen molar-refractivity contribution in [2.45, 2.75) is 6.92 Å². The van der Waals surface area contributed by atoms with E-state index in [2.05, 4.69) is 15.1 Å². The molecule has 0 aliphatic rings. The second-order valence-electron chi connectivity index (χ2n) is 2.78. The van der Waals surface area contributed by atoms with E-state index >= 15 is 0 Å². The van der Waals surface area contributed by atoms with Crippen molar-refractivity contribution < 1.29 is 0 Å². The van der Waals surface area contributed by atoms with E-state index in [0.717, 1.165) is 5.69 Å². The highest BCUT2D eigenvalue weighted by molar-refractivity contribution is 5.25. The van der Waals surface area contributed by atoms with Gasteiger partial charge in [-0.05, 0) is 13.0 Å². The van der Waals surface area contributed by atoms with Gasteiger partial charge in [0.2, 0.25) is 0 Å². The zero-order valence-electron chi connectivity index (χ0n) is 7.55. The summed E-state index contributed by atoms with van der Waals surface area (Å²) >= 11 is 0. The molecular formula is C9H7N5. The molecule has 0 N–H and O–H groups in total. The van der Waals surface area contributed by atoms with Crippen LogP contribution in [-0.2, 0) is 0 Å². The summed E-state index contributed by atoms with van der Waals surface area (Å²) in [7, 11) is 0. The minimum atomic E-state index is 0.288. The number of aryl methyl sites for hydroxylation is 1. The number of aromatic nitrogens is 4. The van der Waals surface area contributed by atoms with Crippen LogP contribution < -0.4 is 0 Å². The van der Waals surface area contributed by atoms with Crippen molar-refractivity contribution in [3.05, 3.63) is 36.0 Å². The summed E-state index contributed by atoms with van der Waals surface area (Å²) in [5.41, 5.74) is 1.19. The van der Waals surface area contributed by atoms with Crippen molar-refractivity contribution in [3.63, 3.8) is 0 Å². The van der Waals surface area contributed by atoms with E-state index in [9.17, 15) is 0 Å². The Morgan fingerprint density at radius 2 is 2.29 bits per heavy atom. The summed E-state index contributed by atoms with van der Waals surface area (Å²) in [5, 5.41) is 12.8. The van der Waals surface area contributed by atoms with E-state index in [1.807, 2.05) is 19.1 Å². The van der Waals surface area contributed by atoms with Crippen molar-refractivity contribution >= 4 is 0 Å². The van der Waals surface area contributed by atoms with Gasteiger partial charge in [0, 0.05) is 6.20 Å². The van der Waals surface area contributed by atoms with Crippen LogP contribution in [0.25, 0.3) is 5.82 Å². The fourth-order valence-electron chi connectivity index (χ4n) is 1.06. The minimum Gasteiger partial charge on any atom is -0.258 e. The summed E-state index contributed by atoms with van der Waals surface area (Å²) in [5.74, 6) is 0.553. The molecule has 2 heterocycles. The molecule has 0 saturated heterocycles. The van der Waals surface area contributed by atoms with Crippen LogP contribution in [0.4, 0.5) is 0 Å². The Balaban J connectivity index is 2.47. The van der Waals surface area contributed by atoms with Crippen LogP contribution in [0.2, 0.25) is 0 Å².